The van der Waals surface area contributed by atoms with Crippen molar-refractivity contribution in [1.29, 1.82) is 0 Å². The monoisotopic (exact) mass is 531 g/mol. The predicted molar refractivity (Wildman–Crippen MR) is 138 cm³/mol. The summed E-state index contributed by atoms with van der Waals surface area (Å²) in [6.07, 6.45) is 6.85. The number of benzene rings is 1. The van der Waals surface area contributed by atoms with Crippen LogP contribution in [0.4, 0.5) is 10.2 Å². The number of halogens is 2. The Morgan fingerprint density at radius 1 is 1.22 bits per heavy atom. The van der Waals surface area contributed by atoms with Crippen LogP contribution in [0.2, 0.25) is 5.02 Å². The smallest absolute Gasteiger partial charge is 0.264 e. The summed E-state index contributed by atoms with van der Waals surface area (Å²) in [5, 5.41) is 11.7. The van der Waals surface area contributed by atoms with Gasteiger partial charge >= 0.3 is 0 Å². The van der Waals surface area contributed by atoms with Crippen LogP contribution in [0.5, 0.6) is 0 Å². The van der Waals surface area contributed by atoms with Gasteiger partial charge in [0.1, 0.15) is 16.5 Å². The van der Waals surface area contributed by atoms with Crippen LogP contribution < -0.4 is 10.0 Å². The molecule has 9 nitrogen and oxygen atoms in total. The highest BCUT2D eigenvalue weighted by Crippen LogP contribution is 2.30. The van der Waals surface area contributed by atoms with Crippen LogP contribution in [0.1, 0.15) is 37.2 Å². The molecule has 0 spiro atoms. The van der Waals surface area contributed by atoms with E-state index in [2.05, 4.69) is 37.2 Å². The van der Waals surface area contributed by atoms with E-state index in [-0.39, 0.29) is 5.02 Å². The second kappa shape index (κ2) is 9.79. The SMILES string of the molecule is Cc1n[nH]c2nc(C3=CC=C(NS(=O)(=O)c4cc(Cl)ccc4F)CC3)nc(NCCN(C)C3CC3)c12. The fraction of sp³-hybridized carbons (Fsp3) is 0.375. The van der Waals surface area contributed by atoms with Gasteiger partial charge in [-0.15, -0.1) is 0 Å². The minimum Gasteiger partial charge on any atom is -0.368 e. The molecule has 190 valence electrons. The summed E-state index contributed by atoms with van der Waals surface area (Å²) < 4.78 is 42.0. The minimum absolute atomic E-state index is 0.141. The van der Waals surface area contributed by atoms with Gasteiger partial charge < -0.3 is 10.2 Å². The lowest BCUT2D eigenvalue weighted by Gasteiger charge is -2.18. The molecule has 2 aliphatic rings. The Morgan fingerprint density at radius 3 is 2.75 bits per heavy atom. The lowest BCUT2D eigenvalue weighted by atomic mass is 10.0. The minimum atomic E-state index is -4.11. The van der Waals surface area contributed by atoms with Crippen LogP contribution in [-0.4, -0.2) is 59.7 Å². The van der Waals surface area contributed by atoms with Gasteiger partial charge in [-0.1, -0.05) is 17.7 Å². The molecule has 0 atom stereocenters. The van der Waals surface area contributed by atoms with Crippen molar-refractivity contribution >= 4 is 44.0 Å². The summed E-state index contributed by atoms with van der Waals surface area (Å²) in [7, 11) is -1.98. The molecular formula is C24H27ClFN7O2S. The number of fused-ring (bicyclic) bond motifs is 1. The van der Waals surface area contributed by atoms with Crippen LogP contribution in [-0.2, 0) is 10.0 Å². The van der Waals surface area contributed by atoms with Crippen LogP contribution in [0, 0.1) is 12.7 Å². The van der Waals surface area contributed by atoms with Gasteiger partial charge in [0.25, 0.3) is 10.0 Å². The number of likely N-dealkylation sites (N-methyl/N-ethyl adjacent to an activating group) is 1. The summed E-state index contributed by atoms with van der Waals surface area (Å²) in [4.78, 5) is 11.3. The van der Waals surface area contributed by atoms with E-state index in [1.165, 1.54) is 18.9 Å². The molecule has 36 heavy (non-hydrogen) atoms. The molecule has 2 aromatic heterocycles. The van der Waals surface area contributed by atoms with Crippen LogP contribution >= 0.6 is 11.6 Å². The third-order valence-corrected chi connectivity index (χ3v) is 8.07. The average molecular weight is 532 g/mol. The van der Waals surface area contributed by atoms with E-state index in [9.17, 15) is 12.8 Å². The van der Waals surface area contributed by atoms with E-state index >= 15 is 0 Å². The molecule has 0 amide bonds. The van der Waals surface area contributed by atoms with Crippen molar-refractivity contribution in [3.8, 4) is 0 Å². The predicted octanol–water partition coefficient (Wildman–Crippen LogP) is 4.00. The molecule has 0 bridgehead atoms. The number of hydrogen-bond donors (Lipinski definition) is 3. The number of nitrogens with one attached hydrogen (secondary N) is 3. The van der Waals surface area contributed by atoms with Gasteiger partial charge in [-0.3, -0.25) is 9.82 Å². The summed E-state index contributed by atoms with van der Waals surface area (Å²) in [5.41, 5.74) is 2.76. The molecule has 3 aromatic rings. The third-order valence-electron chi connectivity index (χ3n) is 6.41. The van der Waals surface area contributed by atoms with Crippen molar-refractivity contribution in [2.75, 3.05) is 25.5 Å². The van der Waals surface area contributed by atoms with E-state index in [0.717, 1.165) is 47.7 Å². The largest absolute Gasteiger partial charge is 0.368 e. The first-order valence-corrected chi connectivity index (χ1v) is 13.6. The number of H-pyrrole nitrogens is 1. The highest BCUT2D eigenvalue weighted by Gasteiger charge is 2.26. The first-order chi connectivity index (χ1) is 17.2. The number of hydrogen-bond acceptors (Lipinski definition) is 7. The molecule has 1 aromatic carbocycles. The Balaban J connectivity index is 1.36. The maximum absolute atomic E-state index is 14.1. The normalized spacial score (nSPS) is 16.2. The Kier molecular flexibility index (Phi) is 6.71. The molecule has 0 aliphatic heterocycles. The molecule has 0 radical (unpaired) electrons. The number of rotatable bonds is 9. The molecule has 0 saturated heterocycles. The van der Waals surface area contributed by atoms with Crippen molar-refractivity contribution < 1.29 is 12.8 Å². The summed E-state index contributed by atoms with van der Waals surface area (Å²) in [6, 6.07) is 4.11. The first-order valence-electron chi connectivity index (χ1n) is 11.8. The standard InChI is InChI=1S/C24H27ClFN7O2S/c1-14-21-23(27-11-12-33(2)18-8-9-18)28-22(29-24(21)31-30-14)15-3-6-17(7-4-15)32-36(34,35)20-13-16(25)5-10-19(20)26/h3,5-6,10,13,18,32H,4,7-9,11-12H2,1-2H3,(H2,27,28,29,30,31). The lowest BCUT2D eigenvalue weighted by molar-refractivity contribution is 0.337. The fourth-order valence-electron chi connectivity index (χ4n) is 4.22. The summed E-state index contributed by atoms with van der Waals surface area (Å²) in [6.45, 7) is 3.56. The number of nitrogens with zero attached hydrogens (tertiary/aromatic N) is 4. The highest BCUT2D eigenvalue weighted by molar-refractivity contribution is 7.89. The van der Waals surface area contributed by atoms with E-state index in [1.807, 2.05) is 6.92 Å². The second-order valence-electron chi connectivity index (χ2n) is 9.13. The van der Waals surface area contributed by atoms with Gasteiger partial charge in [0.15, 0.2) is 11.5 Å². The molecule has 2 aliphatic carbocycles. The average Bonchev–Trinajstić information content (AvgIpc) is 3.63. The van der Waals surface area contributed by atoms with Crippen LogP contribution in [0.25, 0.3) is 16.6 Å². The lowest BCUT2D eigenvalue weighted by Crippen LogP contribution is -2.27. The van der Waals surface area contributed by atoms with Gasteiger partial charge in [0, 0.05) is 29.9 Å². The van der Waals surface area contributed by atoms with Gasteiger partial charge in [0.05, 0.1) is 11.1 Å². The molecule has 0 unspecified atom stereocenters. The Bertz CT molecular complexity index is 1480. The summed E-state index contributed by atoms with van der Waals surface area (Å²) >= 11 is 5.86. The number of aromatic nitrogens is 4. The van der Waals surface area contributed by atoms with E-state index in [4.69, 9.17) is 16.6 Å². The van der Waals surface area contributed by atoms with Gasteiger partial charge in [-0.05, 0) is 69.5 Å². The van der Waals surface area contributed by atoms with Crippen molar-refractivity contribution in [3.63, 3.8) is 0 Å². The van der Waals surface area contributed by atoms with E-state index in [1.54, 1.807) is 12.2 Å². The molecular weight excluding hydrogens is 505 g/mol. The summed E-state index contributed by atoms with van der Waals surface area (Å²) in [5.74, 6) is 0.404. The first kappa shape index (κ1) is 24.7. The number of anilines is 1. The zero-order chi connectivity index (χ0) is 25.4. The maximum Gasteiger partial charge on any atom is 0.264 e. The topological polar surface area (TPSA) is 116 Å². The number of sulfonamides is 1. The zero-order valence-electron chi connectivity index (χ0n) is 20.0. The molecule has 1 fully saturated rings. The van der Waals surface area contributed by atoms with Crippen molar-refractivity contribution in [2.45, 2.75) is 43.5 Å². The second-order valence-corrected chi connectivity index (χ2v) is 11.2. The molecule has 12 heteroatoms. The Labute approximate surface area is 213 Å². The number of allylic oxidation sites excluding steroid dienone is 4. The zero-order valence-corrected chi connectivity index (χ0v) is 21.5. The van der Waals surface area contributed by atoms with Gasteiger partial charge in [-0.25, -0.2) is 22.8 Å². The number of aryl methyl sites for hydroxylation is 1. The molecule has 5 rings (SSSR count). The van der Waals surface area contributed by atoms with Crippen molar-refractivity contribution in [1.82, 2.24) is 29.8 Å². The fourth-order valence-corrected chi connectivity index (χ4v) is 5.69. The Hall–Kier alpha value is -3.02. The van der Waals surface area contributed by atoms with Crippen molar-refractivity contribution in [2.24, 2.45) is 0 Å². The van der Waals surface area contributed by atoms with Gasteiger partial charge in [0.2, 0.25) is 0 Å². The number of aromatic amines is 1. The highest BCUT2D eigenvalue weighted by atomic mass is 35.5. The molecule has 1 saturated carbocycles. The molecule has 3 N–H and O–H groups in total. The van der Waals surface area contributed by atoms with E-state index < -0.39 is 20.7 Å². The van der Waals surface area contributed by atoms with Crippen molar-refractivity contribution in [3.05, 3.63) is 58.4 Å². The maximum atomic E-state index is 14.1. The van der Waals surface area contributed by atoms with Crippen LogP contribution in [0.15, 0.2) is 40.9 Å². The van der Waals surface area contributed by atoms with E-state index in [0.29, 0.717) is 36.1 Å². The quantitative estimate of drug-likeness (QED) is 0.382. The molecule has 2 heterocycles. The van der Waals surface area contributed by atoms with Gasteiger partial charge in [-0.2, -0.15) is 5.10 Å². The van der Waals surface area contributed by atoms with Crippen LogP contribution in [0.3, 0.4) is 0 Å². The Morgan fingerprint density at radius 2 is 2.03 bits per heavy atom. The third kappa shape index (κ3) is 5.23.